The second-order valence-electron chi connectivity index (χ2n) is 4.25. The number of carbonyl (C=O) groups is 1. The maximum Gasteiger partial charge on any atom is 0.151 e. The average Bonchev–Trinajstić information content (AvgIpc) is 1.77. The largest absolute Gasteiger partial charge is 0.362 e. The summed E-state index contributed by atoms with van der Waals surface area (Å²) in [6.07, 6.45) is 3.87. The van der Waals surface area contributed by atoms with E-state index in [9.17, 15) is 4.79 Å². The lowest BCUT2D eigenvalue weighted by Crippen LogP contribution is -2.46. The van der Waals surface area contributed by atoms with Crippen LogP contribution in [-0.4, -0.2) is 17.5 Å². The molecule has 0 aliphatic heterocycles. The third-order valence-corrected chi connectivity index (χ3v) is 1.92. The Labute approximate surface area is 67.9 Å². The van der Waals surface area contributed by atoms with E-state index in [2.05, 4.69) is 0 Å². The molecule has 1 rings (SSSR count). The predicted octanol–water partition coefficient (Wildman–Crippen LogP) is 1.92. The highest BCUT2D eigenvalue weighted by Crippen LogP contribution is 2.36. The second kappa shape index (κ2) is 2.59. The minimum absolute atomic E-state index is 0.193. The number of hydrogen-bond donors (Lipinski definition) is 0. The van der Waals surface area contributed by atoms with E-state index in [0.717, 1.165) is 25.5 Å². The molecule has 2 heteroatoms. The van der Waals surface area contributed by atoms with Gasteiger partial charge >= 0.3 is 0 Å². The van der Waals surface area contributed by atoms with Crippen LogP contribution in [0.4, 0.5) is 0 Å². The number of ether oxygens (including phenoxy) is 1. The number of hydrogen-bond acceptors (Lipinski definition) is 2. The van der Waals surface area contributed by atoms with Crippen LogP contribution < -0.4 is 0 Å². The quantitative estimate of drug-likeness (QED) is 0.571. The van der Waals surface area contributed by atoms with Gasteiger partial charge in [-0.25, -0.2) is 0 Å². The lowest BCUT2D eigenvalue weighted by Gasteiger charge is -2.41. The summed E-state index contributed by atoms with van der Waals surface area (Å²) in [5, 5.41) is 0. The molecule has 0 aromatic heterocycles. The first-order valence-corrected chi connectivity index (χ1v) is 4.14. The van der Waals surface area contributed by atoms with Crippen LogP contribution in [0.3, 0.4) is 0 Å². The van der Waals surface area contributed by atoms with Crippen molar-refractivity contribution in [1.82, 2.24) is 0 Å². The molecule has 0 N–H and O–H groups in total. The lowest BCUT2D eigenvalue weighted by molar-refractivity contribution is -0.173. The highest BCUT2D eigenvalue weighted by molar-refractivity contribution is 5.64. The van der Waals surface area contributed by atoms with Crippen LogP contribution in [0.2, 0.25) is 0 Å². The monoisotopic (exact) mass is 156 g/mol. The van der Waals surface area contributed by atoms with Crippen LogP contribution in [-0.2, 0) is 9.53 Å². The van der Waals surface area contributed by atoms with E-state index < -0.39 is 5.60 Å². The van der Waals surface area contributed by atoms with E-state index in [-0.39, 0.29) is 5.60 Å². The fourth-order valence-corrected chi connectivity index (χ4v) is 1.38. The van der Waals surface area contributed by atoms with Gasteiger partial charge in [-0.3, -0.25) is 0 Å². The van der Waals surface area contributed by atoms with Crippen molar-refractivity contribution in [3.8, 4) is 0 Å². The van der Waals surface area contributed by atoms with Gasteiger partial charge in [0.1, 0.15) is 5.60 Å². The Morgan fingerprint density at radius 1 is 1.36 bits per heavy atom. The molecule has 11 heavy (non-hydrogen) atoms. The van der Waals surface area contributed by atoms with Crippen molar-refractivity contribution in [3.05, 3.63) is 0 Å². The first-order valence-electron chi connectivity index (χ1n) is 4.14. The topological polar surface area (TPSA) is 26.3 Å². The summed E-state index contributed by atoms with van der Waals surface area (Å²) >= 11 is 0. The first-order chi connectivity index (χ1) is 4.97. The Balaban J connectivity index is 2.51. The summed E-state index contributed by atoms with van der Waals surface area (Å²) in [6, 6.07) is 0. The zero-order chi connectivity index (χ0) is 8.54. The summed E-state index contributed by atoms with van der Waals surface area (Å²) in [6.45, 7) is 5.95. The summed E-state index contributed by atoms with van der Waals surface area (Å²) in [7, 11) is 0. The van der Waals surface area contributed by atoms with Gasteiger partial charge in [0.15, 0.2) is 6.29 Å². The van der Waals surface area contributed by atoms with Crippen LogP contribution >= 0.6 is 0 Å². The molecule has 0 aromatic rings. The minimum Gasteiger partial charge on any atom is -0.362 e. The molecular weight excluding hydrogens is 140 g/mol. The fourth-order valence-electron chi connectivity index (χ4n) is 1.38. The fraction of sp³-hybridized carbons (Fsp3) is 0.889. The molecule has 2 nitrogen and oxygen atoms in total. The van der Waals surface area contributed by atoms with Gasteiger partial charge in [0.05, 0.1) is 5.60 Å². The molecule has 0 unspecified atom stereocenters. The van der Waals surface area contributed by atoms with Gasteiger partial charge in [-0.2, -0.15) is 0 Å². The summed E-state index contributed by atoms with van der Waals surface area (Å²) < 4.78 is 5.64. The molecule has 0 aromatic carbocycles. The third-order valence-electron chi connectivity index (χ3n) is 1.92. The molecule has 0 bridgehead atoms. The van der Waals surface area contributed by atoms with Crippen LogP contribution in [0.1, 0.15) is 40.0 Å². The Morgan fingerprint density at radius 2 is 1.91 bits per heavy atom. The first kappa shape index (κ1) is 8.72. The predicted molar refractivity (Wildman–Crippen MR) is 43.5 cm³/mol. The lowest BCUT2D eigenvalue weighted by atomic mass is 9.81. The van der Waals surface area contributed by atoms with Gasteiger partial charge in [0, 0.05) is 0 Å². The van der Waals surface area contributed by atoms with Crippen LogP contribution in [0.15, 0.2) is 0 Å². The summed E-state index contributed by atoms with van der Waals surface area (Å²) in [4.78, 5) is 10.7. The molecule has 0 saturated heterocycles. The molecule has 0 heterocycles. The maximum absolute atomic E-state index is 10.7. The molecule has 1 aliphatic rings. The number of carbonyl (C=O) groups excluding carboxylic acids is 1. The molecule has 0 spiro atoms. The van der Waals surface area contributed by atoms with Crippen molar-refractivity contribution in [2.45, 2.75) is 51.2 Å². The van der Waals surface area contributed by atoms with Crippen molar-refractivity contribution in [3.63, 3.8) is 0 Å². The van der Waals surface area contributed by atoms with Crippen LogP contribution in [0.25, 0.3) is 0 Å². The van der Waals surface area contributed by atoms with E-state index in [1.165, 1.54) is 0 Å². The Morgan fingerprint density at radius 3 is 2.00 bits per heavy atom. The van der Waals surface area contributed by atoms with Gasteiger partial charge in [0.25, 0.3) is 0 Å². The van der Waals surface area contributed by atoms with Gasteiger partial charge in [-0.05, 0) is 40.0 Å². The molecule has 0 radical (unpaired) electrons. The molecule has 0 atom stereocenters. The van der Waals surface area contributed by atoms with Crippen LogP contribution in [0, 0.1) is 0 Å². The van der Waals surface area contributed by atoms with Crippen molar-refractivity contribution in [1.29, 1.82) is 0 Å². The van der Waals surface area contributed by atoms with Crippen molar-refractivity contribution in [2.75, 3.05) is 0 Å². The van der Waals surface area contributed by atoms with E-state index in [4.69, 9.17) is 4.74 Å². The normalized spacial score (nSPS) is 22.5. The van der Waals surface area contributed by atoms with Gasteiger partial charge in [-0.15, -0.1) is 0 Å². The van der Waals surface area contributed by atoms with E-state index >= 15 is 0 Å². The Hall–Kier alpha value is -0.370. The zero-order valence-corrected chi connectivity index (χ0v) is 7.52. The zero-order valence-electron chi connectivity index (χ0n) is 7.52. The average molecular weight is 156 g/mol. The van der Waals surface area contributed by atoms with E-state index in [1.54, 1.807) is 0 Å². The van der Waals surface area contributed by atoms with Crippen molar-refractivity contribution < 1.29 is 9.53 Å². The number of rotatable bonds is 2. The van der Waals surface area contributed by atoms with E-state index in [1.807, 2.05) is 20.8 Å². The standard InChI is InChI=1S/C9H16O2/c1-8(2,3)11-9(7-10)5-4-6-9/h7H,4-6H2,1-3H3. The van der Waals surface area contributed by atoms with Gasteiger partial charge in [0.2, 0.25) is 0 Å². The minimum atomic E-state index is -0.432. The van der Waals surface area contributed by atoms with Crippen molar-refractivity contribution in [2.24, 2.45) is 0 Å². The SMILES string of the molecule is CC(C)(C)OC1(C=O)CCC1. The van der Waals surface area contributed by atoms with E-state index in [0.29, 0.717) is 0 Å². The Bertz CT molecular complexity index is 151. The maximum atomic E-state index is 10.7. The molecule has 1 saturated carbocycles. The van der Waals surface area contributed by atoms with Crippen molar-refractivity contribution >= 4 is 6.29 Å². The molecule has 1 aliphatic carbocycles. The molecule has 1 fully saturated rings. The third kappa shape index (κ3) is 2.03. The van der Waals surface area contributed by atoms with Crippen LogP contribution in [0.5, 0.6) is 0 Å². The molecular formula is C9H16O2. The molecule has 64 valence electrons. The summed E-state index contributed by atoms with van der Waals surface area (Å²) in [5.41, 5.74) is -0.625. The number of aldehydes is 1. The van der Waals surface area contributed by atoms with Gasteiger partial charge < -0.3 is 9.53 Å². The smallest absolute Gasteiger partial charge is 0.151 e. The summed E-state index contributed by atoms with van der Waals surface area (Å²) in [5.74, 6) is 0. The Kier molecular flexibility index (Phi) is 2.06. The second-order valence-corrected chi connectivity index (χ2v) is 4.25. The highest BCUT2D eigenvalue weighted by Gasteiger charge is 2.40. The van der Waals surface area contributed by atoms with Gasteiger partial charge in [-0.1, -0.05) is 0 Å². The highest BCUT2D eigenvalue weighted by atomic mass is 16.5. The molecule has 0 amide bonds.